The zero-order valence-corrected chi connectivity index (χ0v) is 12.0. The zero-order valence-electron chi connectivity index (χ0n) is 8.86. The van der Waals surface area contributed by atoms with E-state index >= 15 is 0 Å². The van der Waals surface area contributed by atoms with Gasteiger partial charge in [0.05, 0.1) is 21.9 Å². The normalized spacial score (nSPS) is 74.6. The van der Waals surface area contributed by atoms with Crippen LogP contribution in [-0.2, 0) is 14.3 Å². The lowest BCUT2D eigenvalue weighted by molar-refractivity contribution is -0.199. The molecule has 1 spiro atoms. The van der Waals surface area contributed by atoms with Crippen molar-refractivity contribution < 1.29 is 14.3 Å². The van der Waals surface area contributed by atoms with Gasteiger partial charge in [-0.3, -0.25) is 4.79 Å². The predicted molar refractivity (Wildman–Crippen MR) is 63.9 cm³/mol. The first-order chi connectivity index (χ1) is 8.10. The minimum atomic E-state index is -0.476. The van der Waals surface area contributed by atoms with Gasteiger partial charge in [-0.25, -0.2) is 0 Å². The molecule has 8 atom stereocenters. The molecular formula is C12H10Br2O3. The van der Waals surface area contributed by atoms with Crippen molar-refractivity contribution in [2.45, 2.75) is 14.4 Å². The molecule has 3 nitrogen and oxygen atoms in total. The third kappa shape index (κ3) is 0.514. The number of hydrogen-bond acceptors (Lipinski definition) is 3. The van der Waals surface area contributed by atoms with Crippen molar-refractivity contribution in [2.24, 2.45) is 35.5 Å². The van der Waals surface area contributed by atoms with E-state index in [1.165, 1.54) is 0 Å². The van der Waals surface area contributed by atoms with Gasteiger partial charge in [-0.1, -0.05) is 31.9 Å². The highest BCUT2D eigenvalue weighted by molar-refractivity contribution is 9.10. The molecule has 0 aromatic heterocycles. The van der Waals surface area contributed by atoms with Gasteiger partial charge in [0, 0.05) is 11.8 Å². The van der Waals surface area contributed by atoms with Gasteiger partial charge in [0.15, 0.2) is 11.6 Å². The van der Waals surface area contributed by atoms with Gasteiger partial charge in [0.2, 0.25) is 0 Å². The van der Waals surface area contributed by atoms with Crippen LogP contribution in [0.1, 0.15) is 0 Å². The molecule has 7 fully saturated rings. The van der Waals surface area contributed by atoms with Crippen LogP contribution < -0.4 is 0 Å². The van der Waals surface area contributed by atoms with Crippen LogP contribution in [0.5, 0.6) is 0 Å². The molecule has 17 heavy (non-hydrogen) atoms. The predicted octanol–water partition coefficient (Wildman–Crippen LogP) is 1.33. The number of alkyl halides is 2. The monoisotopic (exact) mass is 360 g/mol. The number of ketones is 1. The van der Waals surface area contributed by atoms with Crippen molar-refractivity contribution >= 4 is 37.6 Å². The van der Waals surface area contributed by atoms with E-state index in [9.17, 15) is 4.79 Å². The maximum absolute atomic E-state index is 12.5. The molecule has 0 aromatic rings. The molecule has 0 aromatic carbocycles. The molecule has 0 amide bonds. The van der Waals surface area contributed by atoms with E-state index < -0.39 is 5.79 Å². The summed E-state index contributed by atoms with van der Waals surface area (Å²) >= 11 is 7.73. The molecule has 7 rings (SSSR count). The summed E-state index contributed by atoms with van der Waals surface area (Å²) in [5, 5.41) is 0. The van der Waals surface area contributed by atoms with Gasteiger partial charge in [0.25, 0.3) is 0 Å². The van der Waals surface area contributed by atoms with Crippen molar-refractivity contribution in [2.75, 3.05) is 13.2 Å². The van der Waals surface area contributed by atoms with Crippen molar-refractivity contribution in [1.29, 1.82) is 0 Å². The van der Waals surface area contributed by atoms with Gasteiger partial charge in [-0.05, 0) is 23.7 Å². The number of rotatable bonds is 0. The Hall–Kier alpha value is 0.550. The minimum absolute atomic E-state index is 0.0510. The quantitative estimate of drug-likeness (QED) is 0.611. The van der Waals surface area contributed by atoms with Crippen LogP contribution in [0.15, 0.2) is 0 Å². The number of carbonyl (C=O) groups is 1. The average Bonchev–Trinajstić information content (AvgIpc) is 2.96. The van der Waals surface area contributed by atoms with Crippen LogP contribution in [0.3, 0.4) is 0 Å². The second-order valence-corrected chi connectivity index (χ2v) is 9.04. The first-order valence-corrected chi connectivity index (χ1v) is 7.89. The Morgan fingerprint density at radius 2 is 1.65 bits per heavy atom. The standard InChI is InChI=1S/C12H10Br2O3/c13-10-6-4-3(9(10)15)5-7(10)8(6)11(4,14)12(5)16-1-2-17-12/h3-8H,1-2H2/t3-,4-,5-,6+,7-,8+,10+,11-/m0/s1. The fraction of sp³-hybridized carbons (Fsp3) is 0.917. The second kappa shape index (κ2) is 2.11. The molecular weight excluding hydrogens is 352 g/mol. The summed E-state index contributed by atoms with van der Waals surface area (Å²) in [6, 6.07) is 0. The van der Waals surface area contributed by atoms with Crippen LogP contribution >= 0.6 is 31.9 Å². The Bertz CT molecular complexity index is 516. The van der Waals surface area contributed by atoms with E-state index in [1.54, 1.807) is 0 Å². The van der Waals surface area contributed by atoms with Gasteiger partial charge in [-0.15, -0.1) is 0 Å². The van der Waals surface area contributed by atoms with Crippen molar-refractivity contribution in [3.8, 4) is 0 Å². The van der Waals surface area contributed by atoms with Gasteiger partial charge >= 0.3 is 0 Å². The number of halogens is 2. The molecule has 1 aliphatic heterocycles. The number of carbonyl (C=O) groups excluding carboxylic acids is 1. The van der Waals surface area contributed by atoms with Crippen molar-refractivity contribution in [3.63, 3.8) is 0 Å². The van der Waals surface area contributed by atoms with Gasteiger partial charge in [-0.2, -0.15) is 0 Å². The molecule has 4 bridgehead atoms. The van der Waals surface area contributed by atoms with Crippen molar-refractivity contribution in [3.05, 3.63) is 0 Å². The summed E-state index contributed by atoms with van der Waals surface area (Å²) < 4.78 is 11.8. The summed E-state index contributed by atoms with van der Waals surface area (Å²) in [7, 11) is 0. The number of hydrogen-bond donors (Lipinski definition) is 0. The number of Topliss-reactive ketones (excluding diaryl/α,β-unsaturated/α-hetero) is 1. The van der Waals surface area contributed by atoms with E-state index in [1.807, 2.05) is 0 Å². The Morgan fingerprint density at radius 1 is 1.00 bits per heavy atom. The first kappa shape index (κ1) is 9.45. The van der Waals surface area contributed by atoms with Crippen molar-refractivity contribution in [1.82, 2.24) is 0 Å². The van der Waals surface area contributed by atoms with E-state index in [2.05, 4.69) is 31.9 Å². The van der Waals surface area contributed by atoms with E-state index in [0.29, 0.717) is 48.6 Å². The van der Waals surface area contributed by atoms with Crippen LogP contribution in [-0.4, -0.2) is 33.4 Å². The second-order valence-electron chi connectivity index (χ2n) is 6.42. The summed E-state index contributed by atoms with van der Waals surface area (Å²) in [5.41, 5.74) is 0. The molecule has 6 aliphatic carbocycles. The highest BCUT2D eigenvalue weighted by Crippen LogP contribution is 2.96. The lowest BCUT2D eigenvalue weighted by Gasteiger charge is -2.69. The maximum Gasteiger partial charge on any atom is 0.188 e. The Labute approximate surface area is 115 Å². The fourth-order valence-electron chi connectivity index (χ4n) is 6.58. The Morgan fingerprint density at radius 3 is 2.24 bits per heavy atom. The molecule has 0 radical (unpaired) electrons. The smallest absolute Gasteiger partial charge is 0.188 e. The van der Waals surface area contributed by atoms with Crippen LogP contribution in [0.4, 0.5) is 0 Å². The largest absolute Gasteiger partial charge is 0.346 e. The number of ether oxygens (including phenoxy) is 2. The third-order valence-electron chi connectivity index (χ3n) is 6.63. The molecule has 0 N–H and O–H groups in total. The topological polar surface area (TPSA) is 35.5 Å². The summed E-state index contributed by atoms with van der Waals surface area (Å²) in [6.07, 6.45) is 0. The molecule has 5 heteroatoms. The molecule has 7 aliphatic rings. The van der Waals surface area contributed by atoms with E-state index in [-0.39, 0.29) is 14.6 Å². The Balaban J connectivity index is 1.69. The Kier molecular flexibility index (Phi) is 1.17. The first-order valence-electron chi connectivity index (χ1n) is 6.30. The van der Waals surface area contributed by atoms with Crippen LogP contribution in [0.25, 0.3) is 0 Å². The minimum Gasteiger partial charge on any atom is -0.346 e. The zero-order chi connectivity index (χ0) is 11.4. The van der Waals surface area contributed by atoms with Gasteiger partial charge < -0.3 is 9.47 Å². The summed E-state index contributed by atoms with van der Waals surface area (Å²) in [6.45, 7) is 1.35. The molecule has 0 unspecified atom stereocenters. The molecule has 90 valence electrons. The summed E-state index contributed by atoms with van der Waals surface area (Å²) in [4.78, 5) is 12.5. The third-order valence-corrected chi connectivity index (χ3v) is 9.69. The molecule has 1 saturated heterocycles. The summed E-state index contributed by atoms with van der Waals surface area (Å²) in [5.74, 6) is 2.50. The molecule has 1 heterocycles. The van der Waals surface area contributed by atoms with E-state index in [4.69, 9.17) is 9.47 Å². The lowest BCUT2D eigenvalue weighted by atomic mass is 9.40. The highest BCUT2D eigenvalue weighted by atomic mass is 79.9. The highest BCUT2D eigenvalue weighted by Gasteiger charge is 3.04. The maximum atomic E-state index is 12.5. The van der Waals surface area contributed by atoms with E-state index in [0.717, 1.165) is 0 Å². The molecule has 6 saturated carbocycles. The SMILES string of the molecule is O=C1[C@@H]2[C@H]3[C@H]4[C@H]5[C@@H]([C@H]2[C@@]5(Br)C32OCCO2)[C@]14Br. The van der Waals surface area contributed by atoms with Crippen LogP contribution in [0.2, 0.25) is 0 Å². The van der Waals surface area contributed by atoms with Gasteiger partial charge in [0.1, 0.15) is 0 Å². The average molecular weight is 362 g/mol. The fourth-order valence-corrected chi connectivity index (χ4v) is 9.62. The van der Waals surface area contributed by atoms with Crippen LogP contribution in [0, 0.1) is 35.5 Å². The lowest BCUT2D eigenvalue weighted by Crippen LogP contribution is -2.75.